The number of likely N-dealkylation sites (tertiary alicyclic amines) is 1. The highest BCUT2D eigenvalue weighted by Crippen LogP contribution is 2.51. The predicted octanol–water partition coefficient (Wildman–Crippen LogP) is 0.196. The van der Waals surface area contributed by atoms with Gasteiger partial charge in [-0.3, -0.25) is 19.6 Å². The Balaban J connectivity index is 1.13. The summed E-state index contributed by atoms with van der Waals surface area (Å²) in [5, 5.41) is 5.56. The van der Waals surface area contributed by atoms with E-state index in [2.05, 4.69) is 39.6 Å². The van der Waals surface area contributed by atoms with Gasteiger partial charge in [-0.25, -0.2) is 9.59 Å². The van der Waals surface area contributed by atoms with E-state index in [9.17, 15) is 14.4 Å². The first-order valence-electron chi connectivity index (χ1n) is 13.5. The molecule has 1 aromatic carbocycles. The zero-order valence-corrected chi connectivity index (χ0v) is 22.2. The van der Waals surface area contributed by atoms with Crippen molar-refractivity contribution in [3.8, 4) is 5.69 Å². The van der Waals surface area contributed by atoms with Crippen LogP contribution in [0.4, 0.5) is 10.6 Å². The number of fused-ring (bicyclic) bond motifs is 1. The lowest BCUT2D eigenvalue weighted by molar-refractivity contribution is -0.131. The molecule has 3 amide bonds. The van der Waals surface area contributed by atoms with Gasteiger partial charge < -0.3 is 20.9 Å². The normalized spacial score (nSPS) is 23.7. The lowest BCUT2D eigenvalue weighted by atomic mass is 10.0. The van der Waals surface area contributed by atoms with Gasteiger partial charge in [0.2, 0.25) is 5.91 Å². The fourth-order valence-corrected chi connectivity index (χ4v) is 5.93. The Hall–Kier alpha value is -3.28. The number of rotatable bonds is 8. The van der Waals surface area contributed by atoms with Gasteiger partial charge in [-0.2, -0.15) is 4.98 Å². The fraction of sp³-hybridized carbons (Fsp3) is 0.556. The van der Waals surface area contributed by atoms with E-state index in [1.165, 1.54) is 10.1 Å². The number of hydrogen-bond donors (Lipinski definition) is 3. The van der Waals surface area contributed by atoms with Crippen molar-refractivity contribution < 1.29 is 9.59 Å². The van der Waals surface area contributed by atoms with Gasteiger partial charge >= 0.3 is 11.7 Å². The number of carbonyl (C=O) groups excluding carboxylic acids is 2. The summed E-state index contributed by atoms with van der Waals surface area (Å²) in [6.45, 7) is 7.50. The van der Waals surface area contributed by atoms with Gasteiger partial charge in [0.1, 0.15) is 5.82 Å². The van der Waals surface area contributed by atoms with Crippen LogP contribution in [0, 0.1) is 17.8 Å². The predicted molar refractivity (Wildman–Crippen MR) is 145 cm³/mol. The standard InChI is InChI=1S/C27H38N8O3/c1-18(34-16-22-21(14-28)23(22)17-34)13-19-3-5-20(6-4-19)35-8-7-24(31-27(35)38)30-26(37)33-11-9-32(10-12-33)25(36)15-29-2/h3-8,18,21-23,29H,9-17,28H2,1-2H3,(H,30,31,37,38)/t18?,21-,22-,23+. The maximum absolute atomic E-state index is 12.7. The molecule has 4 N–H and O–H groups in total. The molecule has 204 valence electrons. The number of piperidine rings is 1. The maximum atomic E-state index is 12.7. The SMILES string of the molecule is CNCC(=O)N1CCN(C(=O)Nc2ccn(-c3ccc(CC(C)N4C[C@@H]5[C@@H](CN)[C@@H]5C4)cc3)c(=O)n2)CC1. The lowest BCUT2D eigenvalue weighted by Gasteiger charge is -2.34. The number of anilines is 1. The Kier molecular flexibility index (Phi) is 7.78. The minimum atomic E-state index is -0.461. The molecular weight excluding hydrogens is 484 g/mol. The van der Waals surface area contributed by atoms with E-state index >= 15 is 0 Å². The number of hydrogen-bond acceptors (Lipinski definition) is 7. The molecule has 0 spiro atoms. The van der Waals surface area contributed by atoms with Crippen molar-refractivity contribution >= 4 is 17.8 Å². The van der Waals surface area contributed by atoms with Crippen LogP contribution in [0.15, 0.2) is 41.3 Å². The zero-order chi connectivity index (χ0) is 26.8. The number of aromatic nitrogens is 2. The van der Waals surface area contributed by atoms with Crippen LogP contribution < -0.4 is 22.1 Å². The topological polar surface area (TPSA) is 129 Å². The Labute approximate surface area is 223 Å². The third kappa shape index (κ3) is 5.59. The number of nitrogens with two attached hydrogens (primary N) is 1. The quantitative estimate of drug-likeness (QED) is 0.452. The number of benzene rings is 1. The molecule has 5 rings (SSSR count). The van der Waals surface area contributed by atoms with Gasteiger partial charge in [-0.1, -0.05) is 12.1 Å². The molecule has 2 aliphatic heterocycles. The minimum absolute atomic E-state index is 0.0179. The van der Waals surface area contributed by atoms with Crippen LogP contribution in [0.1, 0.15) is 12.5 Å². The zero-order valence-electron chi connectivity index (χ0n) is 22.2. The van der Waals surface area contributed by atoms with E-state index in [-0.39, 0.29) is 24.3 Å². The van der Waals surface area contributed by atoms with Gasteiger partial charge in [0, 0.05) is 51.5 Å². The molecule has 3 aliphatic rings. The Morgan fingerprint density at radius 3 is 2.32 bits per heavy atom. The monoisotopic (exact) mass is 522 g/mol. The van der Waals surface area contributed by atoms with Gasteiger partial charge in [-0.05, 0) is 68.5 Å². The van der Waals surface area contributed by atoms with Crippen LogP contribution in [0.5, 0.6) is 0 Å². The smallest absolute Gasteiger partial charge is 0.338 e. The van der Waals surface area contributed by atoms with Crippen LogP contribution in [-0.2, 0) is 11.2 Å². The number of nitrogens with zero attached hydrogens (tertiary/aromatic N) is 5. The van der Waals surface area contributed by atoms with Crippen LogP contribution in [0.25, 0.3) is 5.69 Å². The van der Waals surface area contributed by atoms with E-state index in [1.54, 1.807) is 29.1 Å². The molecule has 3 heterocycles. The summed E-state index contributed by atoms with van der Waals surface area (Å²) in [4.78, 5) is 47.4. The first-order chi connectivity index (χ1) is 18.4. The van der Waals surface area contributed by atoms with Gasteiger partial charge in [0.15, 0.2) is 0 Å². The van der Waals surface area contributed by atoms with Gasteiger partial charge in [0.25, 0.3) is 0 Å². The summed E-state index contributed by atoms with van der Waals surface area (Å²) < 4.78 is 1.47. The summed E-state index contributed by atoms with van der Waals surface area (Å²) >= 11 is 0. The number of likely N-dealkylation sites (N-methyl/N-ethyl adjacent to an activating group) is 1. The molecule has 4 atom stereocenters. The summed E-state index contributed by atoms with van der Waals surface area (Å²) in [6.07, 6.45) is 2.59. The minimum Gasteiger partial charge on any atom is -0.338 e. The Bertz CT molecular complexity index is 1200. The average molecular weight is 523 g/mol. The second kappa shape index (κ2) is 11.2. The number of urea groups is 1. The second-order valence-electron chi connectivity index (χ2n) is 10.7. The van der Waals surface area contributed by atoms with Crippen molar-refractivity contribution in [2.24, 2.45) is 23.5 Å². The van der Waals surface area contributed by atoms with E-state index in [4.69, 9.17) is 5.73 Å². The molecule has 2 aromatic rings. The first kappa shape index (κ1) is 26.3. The third-order valence-electron chi connectivity index (χ3n) is 8.33. The van der Waals surface area contributed by atoms with Crippen molar-refractivity contribution in [2.75, 3.05) is 64.7 Å². The largest absolute Gasteiger partial charge is 0.354 e. The van der Waals surface area contributed by atoms with Crippen LogP contribution in [0.2, 0.25) is 0 Å². The van der Waals surface area contributed by atoms with Crippen molar-refractivity contribution in [1.29, 1.82) is 0 Å². The summed E-state index contributed by atoms with van der Waals surface area (Å²) in [6, 6.07) is 9.76. The van der Waals surface area contributed by atoms with Crippen LogP contribution >= 0.6 is 0 Å². The summed E-state index contributed by atoms with van der Waals surface area (Å²) in [7, 11) is 1.73. The molecule has 1 unspecified atom stereocenters. The van der Waals surface area contributed by atoms with E-state index in [1.807, 2.05) is 12.1 Å². The van der Waals surface area contributed by atoms with Gasteiger partial charge in [-0.15, -0.1) is 0 Å². The van der Waals surface area contributed by atoms with Crippen molar-refractivity contribution in [1.82, 2.24) is 29.6 Å². The summed E-state index contributed by atoms with van der Waals surface area (Å²) in [5.74, 6) is 2.54. The van der Waals surface area contributed by atoms with Crippen LogP contribution in [-0.4, -0.2) is 102 Å². The summed E-state index contributed by atoms with van der Waals surface area (Å²) in [5.41, 5.74) is 7.34. The highest BCUT2D eigenvalue weighted by atomic mass is 16.2. The highest BCUT2D eigenvalue weighted by molar-refractivity contribution is 5.88. The van der Waals surface area contributed by atoms with E-state index in [0.717, 1.165) is 49.5 Å². The molecule has 11 heteroatoms. The van der Waals surface area contributed by atoms with Crippen molar-refractivity contribution in [2.45, 2.75) is 19.4 Å². The average Bonchev–Trinajstić information content (AvgIpc) is 3.39. The molecule has 0 radical (unpaired) electrons. The number of piperazine rings is 1. The molecular formula is C27H38N8O3. The number of amides is 3. The van der Waals surface area contributed by atoms with Crippen LogP contribution in [0.3, 0.4) is 0 Å². The molecule has 3 fully saturated rings. The maximum Gasteiger partial charge on any atom is 0.354 e. The fourth-order valence-electron chi connectivity index (χ4n) is 5.93. The lowest BCUT2D eigenvalue weighted by Crippen LogP contribution is -2.53. The van der Waals surface area contributed by atoms with E-state index < -0.39 is 5.69 Å². The number of nitrogens with one attached hydrogen (secondary N) is 2. The molecule has 1 saturated carbocycles. The van der Waals surface area contributed by atoms with Crippen molar-refractivity contribution in [3.63, 3.8) is 0 Å². The number of carbonyl (C=O) groups is 2. The van der Waals surface area contributed by atoms with Crippen molar-refractivity contribution in [3.05, 3.63) is 52.6 Å². The Morgan fingerprint density at radius 1 is 1.05 bits per heavy atom. The third-order valence-corrected chi connectivity index (χ3v) is 8.33. The molecule has 38 heavy (non-hydrogen) atoms. The Morgan fingerprint density at radius 2 is 1.71 bits per heavy atom. The molecule has 0 bridgehead atoms. The van der Waals surface area contributed by atoms with Gasteiger partial charge in [0.05, 0.1) is 12.2 Å². The first-order valence-corrected chi connectivity index (χ1v) is 13.5. The molecule has 2 saturated heterocycles. The van der Waals surface area contributed by atoms with E-state index in [0.29, 0.717) is 32.2 Å². The molecule has 11 nitrogen and oxygen atoms in total. The molecule has 1 aromatic heterocycles. The molecule has 1 aliphatic carbocycles. The highest BCUT2D eigenvalue weighted by Gasteiger charge is 2.55. The second-order valence-corrected chi connectivity index (χ2v) is 10.7.